The van der Waals surface area contributed by atoms with Gasteiger partial charge in [0.15, 0.2) is 0 Å². The molecule has 12 heavy (non-hydrogen) atoms. The molecule has 2 atom stereocenters. The lowest BCUT2D eigenvalue weighted by molar-refractivity contribution is 0.399. The predicted octanol–water partition coefficient (Wildman–Crippen LogP) is 2.05. The molecule has 0 amide bonds. The number of thioether (sulfide) groups is 1. The Morgan fingerprint density at radius 1 is 1.25 bits per heavy atom. The van der Waals surface area contributed by atoms with E-state index in [0.717, 1.165) is 18.0 Å². The van der Waals surface area contributed by atoms with Gasteiger partial charge in [-0.2, -0.15) is 11.8 Å². The minimum Gasteiger partial charge on any atom is -0.309 e. The summed E-state index contributed by atoms with van der Waals surface area (Å²) >= 11 is 2.09. The largest absolute Gasteiger partial charge is 0.309 e. The highest BCUT2D eigenvalue weighted by Gasteiger charge is 2.25. The summed E-state index contributed by atoms with van der Waals surface area (Å²) in [5.74, 6) is 3.53. The quantitative estimate of drug-likeness (QED) is 0.658. The predicted molar refractivity (Wildman–Crippen MR) is 55.6 cm³/mol. The number of hydrogen-bond donors (Lipinski definition) is 1. The molecule has 68 valence electrons. The van der Waals surface area contributed by atoms with Gasteiger partial charge in [-0.05, 0) is 24.5 Å². The third-order valence-corrected chi connectivity index (χ3v) is 4.18. The summed E-state index contributed by atoms with van der Waals surface area (Å²) in [6.07, 6.45) is 7.08. The second kappa shape index (κ2) is 3.84. The van der Waals surface area contributed by atoms with E-state index in [1.54, 1.807) is 0 Å². The Labute approximate surface area is 79.0 Å². The first-order valence-electron chi connectivity index (χ1n) is 4.85. The zero-order valence-electron chi connectivity index (χ0n) is 7.62. The maximum atomic E-state index is 3.74. The van der Waals surface area contributed by atoms with Crippen LogP contribution in [0.15, 0.2) is 12.2 Å². The Balaban J connectivity index is 1.78. The molecule has 1 N–H and O–H groups in total. The lowest BCUT2D eigenvalue weighted by Gasteiger charge is -2.21. The summed E-state index contributed by atoms with van der Waals surface area (Å²) in [5.41, 5.74) is 0. The molecular weight excluding hydrogens is 166 g/mol. The lowest BCUT2D eigenvalue weighted by Crippen LogP contribution is -2.40. The van der Waals surface area contributed by atoms with E-state index in [0.29, 0.717) is 0 Å². The van der Waals surface area contributed by atoms with Crippen LogP contribution in [-0.2, 0) is 0 Å². The van der Waals surface area contributed by atoms with Crippen LogP contribution in [0.3, 0.4) is 0 Å². The molecule has 0 spiro atoms. The molecule has 1 aliphatic carbocycles. The fourth-order valence-electron chi connectivity index (χ4n) is 1.93. The van der Waals surface area contributed by atoms with Crippen molar-refractivity contribution in [2.24, 2.45) is 5.92 Å². The fourth-order valence-corrected chi connectivity index (χ4v) is 3.35. The zero-order valence-corrected chi connectivity index (χ0v) is 8.44. The topological polar surface area (TPSA) is 12.0 Å². The highest BCUT2D eigenvalue weighted by Crippen LogP contribution is 2.25. The van der Waals surface area contributed by atoms with Crippen LogP contribution in [0.2, 0.25) is 0 Å². The first kappa shape index (κ1) is 8.64. The third-order valence-electron chi connectivity index (χ3n) is 2.82. The molecule has 0 aromatic carbocycles. The first-order valence-corrected chi connectivity index (χ1v) is 6.00. The minimum atomic E-state index is 0.746. The molecule has 2 unspecified atom stereocenters. The van der Waals surface area contributed by atoms with Gasteiger partial charge < -0.3 is 5.32 Å². The van der Waals surface area contributed by atoms with Gasteiger partial charge in [-0.3, -0.25) is 0 Å². The van der Waals surface area contributed by atoms with Gasteiger partial charge in [0.05, 0.1) is 0 Å². The molecule has 2 rings (SSSR count). The van der Waals surface area contributed by atoms with Crippen LogP contribution < -0.4 is 5.32 Å². The molecule has 0 radical (unpaired) electrons. The standard InChI is InChI=1S/C10H17NS/c1-8-6-12-7-10(8)11-9-4-2-3-5-9/h2-3,8-11H,4-7H2,1H3. The van der Waals surface area contributed by atoms with E-state index in [4.69, 9.17) is 0 Å². The fraction of sp³-hybridized carbons (Fsp3) is 0.800. The van der Waals surface area contributed by atoms with E-state index in [1.165, 1.54) is 24.3 Å². The van der Waals surface area contributed by atoms with Gasteiger partial charge in [-0.25, -0.2) is 0 Å². The molecule has 1 aliphatic heterocycles. The van der Waals surface area contributed by atoms with Crippen molar-refractivity contribution in [1.82, 2.24) is 5.32 Å². The summed E-state index contributed by atoms with van der Waals surface area (Å²) in [6.45, 7) is 2.36. The Hall–Kier alpha value is 0.0500. The molecule has 1 fully saturated rings. The Bertz CT molecular complexity index is 171. The van der Waals surface area contributed by atoms with E-state index < -0.39 is 0 Å². The monoisotopic (exact) mass is 183 g/mol. The SMILES string of the molecule is CC1CSCC1NC1CC=CC1. The van der Waals surface area contributed by atoms with Crippen molar-refractivity contribution in [3.05, 3.63) is 12.2 Å². The molecule has 0 saturated carbocycles. The molecule has 2 heteroatoms. The maximum Gasteiger partial charge on any atom is 0.0194 e. The second-order valence-corrected chi connectivity index (χ2v) is 5.00. The number of nitrogens with one attached hydrogen (secondary N) is 1. The Kier molecular flexibility index (Phi) is 2.76. The lowest BCUT2D eigenvalue weighted by atomic mass is 10.0. The van der Waals surface area contributed by atoms with Crippen LogP contribution in [0.1, 0.15) is 19.8 Å². The molecule has 1 saturated heterocycles. The first-order chi connectivity index (χ1) is 5.86. The van der Waals surface area contributed by atoms with Gasteiger partial charge in [0.2, 0.25) is 0 Å². The van der Waals surface area contributed by atoms with Crippen LogP contribution >= 0.6 is 11.8 Å². The summed E-state index contributed by atoms with van der Waals surface area (Å²) in [7, 11) is 0. The average molecular weight is 183 g/mol. The van der Waals surface area contributed by atoms with Gasteiger partial charge in [-0.1, -0.05) is 19.1 Å². The summed E-state index contributed by atoms with van der Waals surface area (Å²) < 4.78 is 0. The zero-order chi connectivity index (χ0) is 8.39. The Morgan fingerprint density at radius 2 is 2.00 bits per heavy atom. The van der Waals surface area contributed by atoms with Crippen molar-refractivity contribution < 1.29 is 0 Å². The van der Waals surface area contributed by atoms with E-state index in [9.17, 15) is 0 Å². The minimum absolute atomic E-state index is 0.746. The van der Waals surface area contributed by atoms with Gasteiger partial charge in [0.1, 0.15) is 0 Å². The number of rotatable bonds is 2. The van der Waals surface area contributed by atoms with Gasteiger partial charge in [0.25, 0.3) is 0 Å². The highest BCUT2D eigenvalue weighted by atomic mass is 32.2. The van der Waals surface area contributed by atoms with Crippen molar-refractivity contribution in [2.45, 2.75) is 31.8 Å². The van der Waals surface area contributed by atoms with Crippen LogP contribution in [0, 0.1) is 5.92 Å². The second-order valence-electron chi connectivity index (χ2n) is 3.93. The summed E-state index contributed by atoms with van der Waals surface area (Å²) in [4.78, 5) is 0. The molecule has 0 aromatic heterocycles. The molecule has 0 bridgehead atoms. The van der Waals surface area contributed by atoms with Crippen LogP contribution in [0.25, 0.3) is 0 Å². The van der Waals surface area contributed by atoms with Gasteiger partial charge >= 0.3 is 0 Å². The van der Waals surface area contributed by atoms with E-state index in [-0.39, 0.29) is 0 Å². The number of hydrogen-bond acceptors (Lipinski definition) is 2. The molecule has 1 nitrogen and oxygen atoms in total. The molecular formula is C10H17NS. The molecule has 2 aliphatic rings. The Morgan fingerprint density at radius 3 is 2.58 bits per heavy atom. The normalized spacial score (nSPS) is 36.4. The van der Waals surface area contributed by atoms with Crippen molar-refractivity contribution in [3.63, 3.8) is 0 Å². The van der Waals surface area contributed by atoms with Crippen molar-refractivity contribution in [1.29, 1.82) is 0 Å². The smallest absolute Gasteiger partial charge is 0.0194 e. The van der Waals surface area contributed by atoms with Gasteiger partial charge in [0, 0.05) is 17.8 Å². The van der Waals surface area contributed by atoms with Gasteiger partial charge in [-0.15, -0.1) is 0 Å². The highest BCUT2D eigenvalue weighted by molar-refractivity contribution is 7.99. The van der Waals surface area contributed by atoms with Crippen molar-refractivity contribution in [2.75, 3.05) is 11.5 Å². The summed E-state index contributed by atoms with van der Waals surface area (Å²) in [5, 5.41) is 3.74. The van der Waals surface area contributed by atoms with Crippen LogP contribution in [0.5, 0.6) is 0 Å². The maximum absolute atomic E-state index is 3.74. The van der Waals surface area contributed by atoms with Crippen molar-refractivity contribution in [3.8, 4) is 0 Å². The van der Waals surface area contributed by atoms with Crippen LogP contribution in [-0.4, -0.2) is 23.6 Å². The third kappa shape index (κ3) is 1.86. The molecule has 1 heterocycles. The van der Waals surface area contributed by atoms with E-state index in [1.807, 2.05) is 0 Å². The summed E-state index contributed by atoms with van der Waals surface area (Å²) in [6, 6.07) is 1.52. The van der Waals surface area contributed by atoms with E-state index in [2.05, 4.69) is 36.2 Å². The molecule has 0 aromatic rings. The van der Waals surface area contributed by atoms with E-state index >= 15 is 0 Å². The average Bonchev–Trinajstić information content (AvgIpc) is 2.65. The van der Waals surface area contributed by atoms with Crippen LogP contribution in [0.4, 0.5) is 0 Å². The van der Waals surface area contributed by atoms with Crippen molar-refractivity contribution >= 4 is 11.8 Å².